The highest BCUT2D eigenvalue weighted by atomic mass is 19.1. The number of hydrogen-bond acceptors (Lipinski definition) is 2. The summed E-state index contributed by atoms with van der Waals surface area (Å²) in [6.07, 6.45) is 4.95. The SMILES string of the molecule is CC1CCC(CC(CN)Cc2ccc(F)cc2)O1. The summed E-state index contributed by atoms with van der Waals surface area (Å²) in [4.78, 5) is 0. The monoisotopic (exact) mass is 251 g/mol. The van der Waals surface area contributed by atoms with Gasteiger partial charge in [-0.2, -0.15) is 0 Å². The Kier molecular flexibility index (Phi) is 4.72. The molecule has 18 heavy (non-hydrogen) atoms. The zero-order valence-electron chi connectivity index (χ0n) is 10.9. The molecule has 1 aromatic carbocycles. The molecule has 2 nitrogen and oxygen atoms in total. The highest BCUT2D eigenvalue weighted by Crippen LogP contribution is 2.25. The first kappa shape index (κ1) is 13.5. The lowest BCUT2D eigenvalue weighted by molar-refractivity contribution is 0.0415. The Balaban J connectivity index is 1.87. The molecule has 1 aromatic rings. The Hall–Kier alpha value is -0.930. The summed E-state index contributed by atoms with van der Waals surface area (Å²) in [5.41, 5.74) is 6.98. The van der Waals surface area contributed by atoms with Crippen LogP contribution in [0.2, 0.25) is 0 Å². The molecular weight excluding hydrogens is 229 g/mol. The average Bonchev–Trinajstić information content (AvgIpc) is 2.77. The van der Waals surface area contributed by atoms with Gasteiger partial charge < -0.3 is 10.5 Å². The van der Waals surface area contributed by atoms with E-state index in [-0.39, 0.29) is 5.82 Å². The van der Waals surface area contributed by atoms with Crippen LogP contribution in [0.3, 0.4) is 0 Å². The molecule has 3 atom stereocenters. The molecule has 1 aliphatic rings. The van der Waals surface area contributed by atoms with Crippen LogP contribution in [0.4, 0.5) is 4.39 Å². The maximum absolute atomic E-state index is 12.8. The summed E-state index contributed by atoms with van der Waals surface area (Å²) in [6.45, 7) is 2.78. The molecule has 0 amide bonds. The highest BCUT2D eigenvalue weighted by molar-refractivity contribution is 5.16. The van der Waals surface area contributed by atoms with E-state index in [1.54, 1.807) is 0 Å². The van der Waals surface area contributed by atoms with E-state index in [0.29, 0.717) is 24.7 Å². The quantitative estimate of drug-likeness (QED) is 0.873. The smallest absolute Gasteiger partial charge is 0.123 e. The third kappa shape index (κ3) is 3.79. The van der Waals surface area contributed by atoms with Crippen molar-refractivity contribution in [3.63, 3.8) is 0 Å². The van der Waals surface area contributed by atoms with Crippen LogP contribution in [-0.4, -0.2) is 18.8 Å². The van der Waals surface area contributed by atoms with Gasteiger partial charge >= 0.3 is 0 Å². The Morgan fingerprint density at radius 2 is 2.06 bits per heavy atom. The minimum atomic E-state index is -0.184. The van der Waals surface area contributed by atoms with Crippen molar-refractivity contribution in [2.24, 2.45) is 11.7 Å². The minimum Gasteiger partial charge on any atom is -0.375 e. The molecule has 1 fully saturated rings. The van der Waals surface area contributed by atoms with E-state index in [9.17, 15) is 4.39 Å². The van der Waals surface area contributed by atoms with Crippen molar-refractivity contribution < 1.29 is 9.13 Å². The number of benzene rings is 1. The van der Waals surface area contributed by atoms with Crippen molar-refractivity contribution in [2.45, 2.75) is 44.8 Å². The second kappa shape index (κ2) is 6.30. The summed E-state index contributed by atoms with van der Waals surface area (Å²) < 4.78 is 18.7. The van der Waals surface area contributed by atoms with Gasteiger partial charge in [0.2, 0.25) is 0 Å². The van der Waals surface area contributed by atoms with E-state index in [1.807, 2.05) is 12.1 Å². The van der Waals surface area contributed by atoms with Gasteiger partial charge in [-0.3, -0.25) is 0 Å². The van der Waals surface area contributed by atoms with E-state index in [4.69, 9.17) is 10.5 Å². The zero-order valence-corrected chi connectivity index (χ0v) is 10.9. The van der Waals surface area contributed by atoms with E-state index < -0.39 is 0 Å². The fourth-order valence-electron chi connectivity index (χ4n) is 2.65. The van der Waals surface area contributed by atoms with Crippen molar-refractivity contribution >= 4 is 0 Å². The first-order valence-corrected chi connectivity index (χ1v) is 6.77. The number of nitrogens with two attached hydrogens (primary N) is 1. The van der Waals surface area contributed by atoms with Gasteiger partial charge in [0.05, 0.1) is 12.2 Å². The summed E-state index contributed by atoms with van der Waals surface area (Å²) >= 11 is 0. The van der Waals surface area contributed by atoms with Crippen molar-refractivity contribution in [1.82, 2.24) is 0 Å². The third-order valence-corrected chi connectivity index (χ3v) is 3.69. The standard InChI is InChI=1S/C15H22FNO/c1-11-2-7-15(18-11)9-13(10-17)8-12-3-5-14(16)6-4-12/h3-6,11,13,15H,2,7-10,17H2,1H3. The Bertz CT molecular complexity index is 365. The van der Waals surface area contributed by atoms with Crippen molar-refractivity contribution in [3.05, 3.63) is 35.6 Å². The maximum atomic E-state index is 12.8. The van der Waals surface area contributed by atoms with Gasteiger partial charge in [-0.1, -0.05) is 12.1 Å². The molecule has 0 radical (unpaired) electrons. The third-order valence-electron chi connectivity index (χ3n) is 3.69. The van der Waals surface area contributed by atoms with Gasteiger partial charge in [-0.15, -0.1) is 0 Å². The topological polar surface area (TPSA) is 35.2 Å². The van der Waals surface area contributed by atoms with Gasteiger partial charge in [0.1, 0.15) is 5.82 Å². The fraction of sp³-hybridized carbons (Fsp3) is 0.600. The lowest BCUT2D eigenvalue weighted by Gasteiger charge is -2.19. The summed E-state index contributed by atoms with van der Waals surface area (Å²) in [6, 6.07) is 6.71. The normalized spacial score (nSPS) is 25.3. The molecule has 0 aromatic heterocycles. The molecule has 3 heteroatoms. The summed E-state index contributed by atoms with van der Waals surface area (Å²) in [5.74, 6) is 0.238. The molecule has 0 saturated carbocycles. The van der Waals surface area contributed by atoms with Gasteiger partial charge in [-0.05, 0) is 62.8 Å². The van der Waals surface area contributed by atoms with Gasteiger partial charge in [0.15, 0.2) is 0 Å². The predicted octanol–water partition coefficient (Wildman–Crippen LogP) is 2.90. The number of halogens is 1. The van der Waals surface area contributed by atoms with Crippen LogP contribution in [0.5, 0.6) is 0 Å². The van der Waals surface area contributed by atoms with E-state index in [1.165, 1.54) is 12.1 Å². The van der Waals surface area contributed by atoms with Crippen LogP contribution < -0.4 is 5.73 Å². The first-order valence-electron chi connectivity index (χ1n) is 6.77. The fourth-order valence-corrected chi connectivity index (χ4v) is 2.65. The van der Waals surface area contributed by atoms with Crippen LogP contribution in [0.25, 0.3) is 0 Å². The van der Waals surface area contributed by atoms with Crippen LogP contribution in [-0.2, 0) is 11.2 Å². The second-order valence-corrected chi connectivity index (χ2v) is 5.31. The number of rotatable bonds is 5. The molecular formula is C15H22FNO. The van der Waals surface area contributed by atoms with E-state index in [2.05, 4.69) is 6.92 Å². The van der Waals surface area contributed by atoms with Crippen molar-refractivity contribution in [3.8, 4) is 0 Å². The highest BCUT2D eigenvalue weighted by Gasteiger charge is 2.24. The predicted molar refractivity (Wildman–Crippen MR) is 70.8 cm³/mol. The largest absolute Gasteiger partial charge is 0.375 e. The Morgan fingerprint density at radius 3 is 2.61 bits per heavy atom. The molecule has 2 rings (SSSR count). The summed E-state index contributed by atoms with van der Waals surface area (Å²) in [7, 11) is 0. The summed E-state index contributed by atoms with van der Waals surface area (Å²) in [5, 5.41) is 0. The molecule has 0 aliphatic carbocycles. The lowest BCUT2D eigenvalue weighted by Crippen LogP contribution is -2.23. The average molecular weight is 251 g/mol. The second-order valence-electron chi connectivity index (χ2n) is 5.31. The molecule has 2 N–H and O–H groups in total. The molecule has 0 spiro atoms. The molecule has 1 heterocycles. The van der Waals surface area contributed by atoms with Crippen LogP contribution in [0.15, 0.2) is 24.3 Å². The molecule has 1 saturated heterocycles. The van der Waals surface area contributed by atoms with E-state index in [0.717, 1.165) is 31.2 Å². The van der Waals surface area contributed by atoms with E-state index >= 15 is 0 Å². The maximum Gasteiger partial charge on any atom is 0.123 e. The minimum absolute atomic E-state index is 0.184. The van der Waals surface area contributed by atoms with Crippen molar-refractivity contribution in [1.29, 1.82) is 0 Å². The molecule has 1 aliphatic heterocycles. The van der Waals surface area contributed by atoms with Gasteiger partial charge in [0.25, 0.3) is 0 Å². The Labute approximate surface area is 108 Å². The van der Waals surface area contributed by atoms with Crippen molar-refractivity contribution in [2.75, 3.05) is 6.54 Å². The van der Waals surface area contributed by atoms with Crippen LogP contribution in [0, 0.1) is 11.7 Å². The lowest BCUT2D eigenvalue weighted by atomic mass is 9.93. The van der Waals surface area contributed by atoms with Gasteiger partial charge in [-0.25, -0.2) is 4.39 Å². The van der Waals surface area contributed by atoms with Gasteiger partial charge in [0, 0.05) is 0 Å². The van der Waals surface area contributed by atoms with Crippen LogP contribution >= 0.6 is 0 Å². The Morgan fingerprint density at radius 1 is 1.33 bits per heavy atom. The molecule has 0 bridgehead atoms. The first-order chi connectivity index (χ1) is 8.67. The zero-order chi connectivity index (χ0) is 13.0. The van der Waals surface area contributed by atoms with Crippen LogP contribution in [0.1, 0.15) is 31.7 Å². The number of hydrogen-bond donors (Lipinski definition) is 1. The molecule has 3 unspecified atom stereocenters. The molecule has 100 valence electrons. The number of ether oxygens (including phenoxy) is 1.